The van der Waals surface area contributed by atoms with Gasteiger partial charge in [0.1, 0.15) is 11.3 Å². The summed E-state index contributed by atoms with van der Waals surface area (Å²) in [6.45, 7) is 2.03. The number of rotatable bonds is 3. The minimum Gasteiger partial charge on any atom is -0.459 e. The Morgan fingerprint density at radius 2 is 2.05 bits per heavy atom. The third kappa shape index (κ3) is 2.42. The lowest BCUT2D eigenvalue weighted by molar-refractivity contribution is 0.491. The fourth-order valence-corrected chi connectivity index (χ4v) is 2.57. The molecule has 0 aliphatic heterocycles. The molecule has 1 atom stereocenters. The molecule has 3 aromatic rings. The summed E-state index contributed by atoms with van der Waals surface area (Å²) < 4.78 is 5.92. The Morgan fingerprint density at radius 3 is 2.80 bits per heavy atom. The highest BCUT2D eigenvalue weighted by atomic mass is 35.5. The van der Waals surface area contributed by atoms with Crippen molar-refractivity contribution in [3.63, 3.8) is 0 Å². The summed E-state index contributed by atoms with van der Waals surface area (Å²) in [5.74, 6) is 0.858. The first-order valence-electron chi connectivity index (χ1n) is 6.45. The highest BCUT2D eigenvalue weighted by molar-refractivity contribution is 6.31. The molecule has 0 saturated carbocycles. The first kappa shape index (κ1) is 13.2. The van der Waals surface area contributed by atoms with Gasteiger partial charge in [0, 0.05) is 22.8 Å². The highest BCUT2D eigenvalue weighted by Crippen LogP contribution is 2.29. The van der Waals surface area contributed by atoms with Crippen LogP contribution >= 0.6 is 11.6 Å². The zero-order chi connectivity index (χ0) is 14.1. The minimum atomic E-state index is -0.0198. The van der Waals surface area contributed by atoms with Gasteiger partial charge < -0.3 is 9.73 Å². The van der Waals surface area contributed by atoms with Crippen LogP contribution in [-0.2, 0) is 0 Å². The second kappa shape index (κ2) is 5.27. The van der Waals surface area contributed by atoms with E-state index in [-0.39, 0.29) is 6.04 Å². The predicted octanol–water partition coefficient (Wildman–Crippen LogP) is 4.10. The Kier molecular flexibility index (Phi) is 3.47. The normalized spacial score (nSPS) is 12.8. The average molecular weight is 287 g/mol. The van der Waals surface area contributed by atoms with Crippen molar-refractivity contribution < 1.29 is 4.42 Å². The number of halogens is 1. The van der Waals surface area contributed by atoms with Crippen LogP contribution in [0.1, 0.15) is 22.9 Å². The number of hydrogen-bond donors (Lipinski definition) is 1. The molecule has 102 valence electrons. The van der Waals surface area contributed by atoms with Gasteiger partial charge in [-0.05, 0) is 49.4 Å². The lowest BCUT2D eigenvalue weighted by Gasteiger charge is -2.13. The summed E-state index contributed by atoms with van der Waals surface area (Å²) in [4.78, 5) is 4.24. The number of fused-ring (bicyclic) bond motifs is 1. The number of hydrogen-bond acceptors (Lipinski definition) is 3. The predicted molar refractivity (Wildman–Crippen MR) is 81.1 cm³/mol. The molecule has 20 heavy (non-hydrogen) atoms. The lowest BCUT2D eigenvalue weighted by atomic mass is 10.1. The van der Waals surface area contributed by atoms with E-state index in [1.807, 2.05) is 50.6 Å². The first-order valence-corrected chi connectivity index (χ1v) is 6.83. The molecule has 0 radical (unpaired) electrons. The second-order valence-electron chi connectivity index (χ2n) is 4.85. The summed E-state index contributed by atoms with van der Waals surface area (Å²) >= 11 is 6.01. The maximum Gasteiger partial charge on any atom is 0.134 e. The number of benzene rings is 1. The summed E-state index contributed by atoms with van der Waals surface area (Å²) in [5.41, 5.74) is 3.05. The standard InChI is InChI=1S/C16H15ClN2O/c1-10-5-12(9-19-8-10)16(18-2)15-7-11-6-13(17)3-4-14(11)20-15/h3-9,16,18H,1-2H3. The molecular weight excluding hydrogens is 272 g/mol. The van der Waals surface area contributed by atoms with Crippen molar-refractivity contribution in [1.29, 1.82) is 0 Å². The van der Waals surface area contributed by atoms with E-state index in [0.717, 1.165) is 27.9 Å². The number of pyridine rings is 1. The van der Waals surface area contributed by atoms with Gasteiger partial charge in [-0.2, -0.15) is 0 Å². The molecule has 1 unspecified atom stereocenters. The number of furan rings is 1. The molecule has 0 saturated heterocycles. The highest BCUT2D eigenvalue weighted by Gasteiger charge is 2.17. The number of aryl methyl sites for hydroxylation is 1. The molecule has 3 rings (SSSR count). The van der Waals surface area contributed by atoms with E-state index < -0.39 is 0 Å². The van der Waals surface area contributed by atoms with Crippen molar-refractivity contribution >= 4 is 22.6 Å². The van der Waals surface area contributed by atoms with Gasteiger partial charge in [-0.1, -0.05) is 17.7 Å². The van der Waals surface area contributed by atoms with Crippen LogP contribution in [-0.4, -0.2) is 12.0 Å². The molecule has 2 aromatic heterocycles. The van der Waals surface area contributed by atoms with Gasteiger partial charge in [0.25, 0.3) is 0 Å². The minimum absolute atomic E-state index is 0.0198. The smallest absolute Gasteiger partial charge is 0.134 e. The van der Waals surface area contributed by atoms with E-state index in [1.165, 1.54) is 0 Å². The summed E-state index contributed by atoms with van der Waals surface area (Å²) in [6, 6.07) is 9.74. The van der Waals surface area contributed by atoms with Crippen LogP contribution in [0, 0.1) is 6.92 Å². The van der Waals surface area contributed by atoms with E-state index in [0.29, 0.717) is 5.02 Å². The zero-order valence-electron chi connectivity index (χ0n) is 11.4. The first-order chi connectivity index (χ1) is 9.67. The molecule has 0 amide bonds. The van der Waals surface area contributed by atoms with Crippen LogP contribution in [0.15, 0.2) is 47.1 Å². The van der Waals surface area contributed by atoms with Gasteiger partial charge in [0.05, 0.1) is 6.04 Å². The molecule has 0 aliphatic rings. The maximum absolute atomic E-state index is 6.01. The molecule has 4 heteroatoms. The lowest BCUT2D eigenvalue weighted by Crippen LogP contribution is -2.17. The van der Waals surface area contributed by atoms with Gasteiger partial charge in [-0.25, -0.2) is 0 Å². The van der Waals surface area contributed by atoms with Crippen LogP contribution < -0.4 is 5.32 Å². The van der Waals surface area contributed by atoms with Crippen LogP contribution in [0.25, 0.3) is 11.0 Å². The van der Waals surface area contributed by atoms with Crippen LogP contribution in [0.3, 0.4) is 0 Å². The molecule has 3 nitrogen and oxygen atoms in total. The number of nitrogens with zero attached hydrogens (tertiary/aromatic N) is 1. The van der Waals surface area contributed by atoms with E-state index in [1.54, 1.807) is 0 Å². The van der Waals surface area contributed by atoms with E-state index >= 15 is 0 Å². The SMILES string of the molecule is CNC(c1cncc(C)c1)c1cc2cc(Cl)ccc2o1. The van der Waals surface area contributed by atoms with Gasteiger partial charge in [-0.3, -0.25) is 4.98 Å². The Hall–Kier alpha value is -1.84. The van der Waals surface area contributed by atoms with Gasteiger partial charge in [-0.15, -0.1) is 0 Å². The van der Waals surface area contributed by atoms with Crippen LogP contribution in [0.5, 0.6) is 0 Å². The van der Waals surface area contributed by atoms with Crippen LogP contribution in [0.4, 0.5) is 0 Å². The fraction of sp³-hybridized carbons (Fsp3) is 0.188. The Morgan fingerprint density at radius 1 is 1.20 bits per heavy atom. The molecular formula is C16H15ClN2O. The van der Waals surface area contributed by atoms with Crippen molar-refractivity contribution in [2.45, 2.75) is 13.0 Å². The van der Waals surface area contributed by atoms with Crippen molar-refractivity contribution in [2.24, 2.45) is 0 Å². The monoisotopic (exact) mass is 286 g/mol. The molecule has 1 aromatic carbocycles. The Balaban J connectivity index is 2.07. The van der Waals surface area contributed by atoms with E-state index in [4.69, 9.17) is 16.0 Å². The molecule has 0 bridgehead atoms. The Bertz CT molecular complexity index is 751. The second-order valence-corrected chi connectivity index (χ2v) is 5.28. The van der Waals surface area contributed by atoms with Gasteiger partial charge in [0.15, 0.2) is 0 Å². The summed E-state index contributed by atoms with van der Waals surface area (Å²) in [6.07, 6.45) is 3.70. The van der Waals surface area contributed by atoms with Crippen molar-refractivity contribution in [3.8, 4) is 0 Å². The third-order valence-electron chi connectivity index (χ3n) is 3.30. The Labute approximate surface area is 122 Å². The van der Waals surface area contributed by atoms with Crippen molar-refractivity contribution in [2.75, 3.05) is 7.05 Å². The maximum atomic E-state index is 6.01. The molecule has 0 spiro atoms. The molecule has 1 N–H and O–H groups in total. The fourth-order valence-electron chi connectivity index (χ4n) is 2.39. The number of aromatic nitrogens is 1. The summed E-state index contributed by atoms with van der Waals surface area (Å²) in [7, 11) is 1.91. The largest absolute Gasteiger partial charge is 0.459 e. The van der Waals surface area contributed by atoms with Crippen molar-refractivity contribution in [1.82, 2.24) is 10.3 Å². The molecule has 2 heterocycles. The van der Waals surface area contributed by atoms with Crippen molar-refractivity contribution in [3.05, 3.63) is 64.6 Å². The molecule has 0 aliphatic carbocycles. The molecule has 0 fully saturated rings. The number of nitrogens with one attached hydrogen (secondary N) is 1. The zero-order valence-corrected chi connectivity index (χ0v) is 12.1. The average Bonchev–Trinajstić information content (AvgIpc) is 2.82. The topological polar surface area (TPSA) is 38.1 Å². The third-order valence-corrected chi connectivity index (χ3v) is 3.54. The quantitative estimate of drug-likeness (QED) is 0.788. The van der Waals surface area contributed by atoms with E-state index in [2.05, 4.69) is 16.4 Å². The van der Waals surface area contributed by atoms with Gasteiger partial charge in [0.2, 0.25) is 0 Å². The van der Waals surface area contributed by atoms with E-state index in [9.17, 15) is 0 Å². The van der Waals surface area contributed by atoms with Gasteiger partial charge >= 0.3 is 0 Å². The summed E-state index contributed by atoms with van der Waals surface area (Å²) in [5, 5.41) is 4.99. The van der Waals surface area contributed by atoms with Crippen LogP contribution in [0.2, 0.25) is 5.02 Å².